The van der Waals surface area contributed by atoms with Gasteiger partial charge in [0, 0.05) is 12.5 Å². The van der Waals surface area contributed by atoms with Gasteiger partial charge >= 0.3 is 0 Å². The third-order valence-electron chi connectivity index (χ3n) is 2.74. The van der Waals surface area contributed by atoms with E-state index in [4.69, 9.17) is 5.73 Å². The Balaban J connectivity index is 2.46. The standard InChI is InChI=1S/C9H17NO/c1-7(11)9(6-10)8-4-2-3-5-8/h8-9H,2-6,10H2,1H3. The van der Waals surface area contributed by atoms with Crippen LogP contribution in [-0.2, 0) is 4.79 Å². The molecular formula is C9H17NO. The molecule has 1 atom stereocenters. The summed E-state index contributed by atoms with van der Waals surface area (Å²) in [7, 11) is 0. The summed E-state index contributed by atoms with van der Waals surface area (Å²) in [6.45, 7) is 2.20. The Morgan fingerprint density at radius 3 is 2.45 bits per heavy atom. The molecule has 11 heavy (non-hydrogen) atoms. The highest BCUT2D eigenvalue weighted by Crippen LogP contribution is 2.31. The normalized spacial score (nSPS) is 22.0. The van der Waals surface area contributed by atoms with Gasteiger partial charge in [0.05, 0.1) is 0 Å². The summed E-state index contributed by atoms with van der Waals surface area (Å²) in [6.07, 6.45) is 4.99. The molecule has 1 aliphatic rings. The fraction of sp³-hybridized carbons (Fsp3) is 0.889. The first-order valence-electron chi connectivity index (χ1n) is 4.46. The zero-order valence-electron chi connectivity index (χ0n) is 7.18. The quantitative estimate of drug-likeness (QED) is 0.668. The fourth-order valence-electron chi connectivity index (χ4n) is 2.05. The maximum absolute atomic E-state index is 11.1. The molecule has 0 aliphatic heterocycles. The number of ketones is 1. The van der Waals surface area contributed by atoms with Crippen molar-refractivity contribution in [2.24, 2.45) is 17.6 Å². The number of carbonyl (C=O) groups is 1. The van der Waals surface area contributed by atoms with E-state index in [1.165, 1.54) is 25.7 Å². The highest BCUT2D eigenvalue weighted by Gasteiger charge is 2.26. The van der Waals surface area contributed by atoms with Gasteiger partial charge in [-0.05, 0) is 25.7 Å². The van der Waals surface area contributed by atoms with Crippen molar-refractivity contribution in [2.75, 3.05) is 6.54 Å². The van der Waals surface area contributed by atoms with E-state index < -0.39 is 0 Å². The van der Waals surface area contributed by atoms with Crippen LogP contribution in [0.5, 0.6) is 0 Å². The maximum Gasteiger partial charge on any atom is 0.134 e. The van der Waals surface area contributed by atoms with Gasteiger partial charge in [0.2, 0.25) is 0 Å². The molecule has 64 valence electrons. The molecule has 1 saturated carbocycles. The van der Waals surface area contributed by atoms with Crippen LogP contribution in [0.3, 0.4) is 0 Å². The maximum atomic E-state index is 11.1. The molecular weight excluding hydrogens is 138 g/mol. The predicted molar refractivity (Wildman–Crippen MR) is 45.2 cm³/mol. The van der Waals surface area contributed by atoms with Crippen molar-refractivity contribution in [1.82, 2.24) is 0 Å². The van der Waals surface area contributed by atoms with Gasteiger partial charge in [-0.2, -0.15) is 0 Å². The van der Waals surface area contributed by atoms with E-state index >= 15 is 0 Å². The first kappa shape index (κ1) is 8.72. The van der Waals surface area contributed by atoms with Crippen LogP contribution in [-0.4, -0.2) is 12.3 Å². The number of carbonyl (C=O) groups excluding carboxylic acids is 1. The summed E-state index contributed by atoms with van der Waals surface area (Å²) in [5, 5.41) is 0. The summed E-state index contributed by atoms with van der Waals surface area (Å²) in [5.41, 5.74) is 5.53. The van der Waals surface area contributed by atoms with Gasteiger partial charge in [0.25, 0.3) is 0 Å². The minimum atomic E-state index is 0.150. The van der Waals surface area contributed by atoms with Crippen molar-refractivity contribution in [1.29, 1.82) is 0 Å². The first-order chi connectivity index (χ1) is 5.25. The number of hydrogen-bond donors (Lipinski definition) is 1. The van der Waals surface area contributed by atoms with Crippen LogP contribution >= 0.6 is 0 Å². The Hall–Kier alpha value is -0.370. The highest BCUT2D eigenvalue weighted by molar-refractivity contribution is 5.78. The van der Waals surface area contributed by atoms with Crippen LogP contribution in [0, 0.1) is 11.8 Å². The SMILES string of the molecule is CC(=O)C(CN)C1CCCC1. The third kappa shape index (κ3) is 2.03. The van der Waals surface area contributed by atoms with Crippen molar-refractivity contribution in [3.8, 4) is 0 Å². The molecule has 0 saturated heterocycles. The molecule has 1 fully saturated rings. The Morgan fingerprint density at radius 2 is 2.09 bits per heavy atom. The van der Waals surface area contributed by atoms with Crippen molar-refractivity contribution >= 4 is 5.78 Å². The molecule has 2 nitrogen and oxygen atoms in total. The second kappa shape index (κ2) is 3.86. The van der Waals surface area contributed by atoms with E-state index in [2.05, 4.69) is 0 Å². The van der Waals surface area contributed by atoms with Gasteiger partial charge in [-0.25, -0.2) is 0 Å². The van der Waals surface area contributed by atoms with Crippen molar-refractivity contribution < 1.29 is 4.79 Å². The Labute approximate surface area is 68.2 Å². The first-order valence-corrected chi connectivity index (χ1v) is 4.46. The average Bonchev–Trinajstić information content (AvgIpc) is 2.40. The summed E-state index contributed by atoms with van der Waals surface area (Å²) >= 11 is 0. The van der Waals surface area contributed by atoms with E-state index in [0.29, 0.717) is 12.5 Å². The molecule has 0 bridgehead atoms. The number of hydrogen-bond acceptors (Lipinski definition) is 2. The van der Waals surface area contributed by atoms with Gasteiger partial charge < -0.3 is 5.73 Å². The van der Waals surface area contributed by atoms with E-state index in [0.717, 1.165) is 0 Å². The number of rotatable bonds is 3. The molecule has 2 heteroatoms. The summed E-state index contributed by atoms with van der Waals surface area (Å²) in [6, 6.07) is 0. The van der Waals surface area contributed by atoms with Crippen molar-refractivity contribution in [3.05, 3.63) is 0 Å². The molecule has 0 heterocycles. The largest absolute Gasteiger partial charge is 0.330 e. The van der Waals surface area contributed by atoms with Crippen molar-refractivity contribution in [2.45, 2.75) is 32.6 Å². The van der Waals surface area contributed by atoms with Gasteiger partial charge in [-0.3, -0.25) is 4.79 Å². The Bertz CT molecular complexity index is 138. The van der Waals surface area contributed by atoms with E-state index in [9.17, 15) is 4.79 Å². The van der Waals surface area contributed by atoms with E-state index in [-0.39, 0.29) is 11.7 Å². The molecule has 1 unspecified atom stereocenters. The van der Waals surface area contributed by atoms with Crippen LogP contribution in [0.4, 0.5) is 0 Å². The van der Waals surface area contributed by atoms with Gasteiger partial charge in [-0.1, -0.05) is 12.8 Å². The zero-order valence-corrected chi connectivity index (χ0v) is 7.18. The third-order valence-corrected chi connectivity index (χ3v) is 2.74. The topological polar surface area (TPSA) is 43.1 Å². The average molecular weight is 155 g/mol. The second-order valence-corrected chi connectivity index (χ2v) is 3.50. The molecule has 0 aromatic carbocycles. The number of Topliss-reactive ketones (excluding diaryl/α,β-unsaturated/α-hetero) is 1. The van der Waals surface area contributed by atoms with Gasteiger partial charge in [0.1, 0.15) is 5.78 Å². The lowest BCUT2D eigenvalue weighted by atomic mass is 9.88. The van der Waals surface area contributed by atoms with Crippen LogP contribution in [0.15, 0.2) is 0 Å². The molecule has 0 radical (unpaired) electrons. The highest BCUT2D eigenvalue weighted by atomic mass is 16.1. The lowest BCUT2D eigenvalue weighted by molar-refractivity contribution is -0.121. The lowest BCUT2D eigenvalue weighted by Gasteiger charge is -2.17. The molecule has 1 rings (SSSR count). The van der Waals surface area contributed by atoms with E-state index in [1.807, 2.05) is 0 Å². The van der Waals surface area contributed by atoms with Crippen LogP contribution in [0.1, 0.15) is 32.6 Å². The Morgan fingerprint density at radius 1 is 1.55 bits per heavy atom. The summed E-state index contributed by atoms with van der Waals surface area (Å²) < 4.78 is 0. The minimum absolute atomic E-state index is 0.150. The molecule has 1 aliphatic carbocycles. The lowest BCUT2D eigenvalue weighted by Crippen LogP contribution is -2.27. The minimum Gasteiger partial charge on any atom is -0.330 e. The molecule has 0 aromatic heterocycles. The monoisotopic (exact) mass is 155 g/mol. The summed E-state index contributed by atoms with van der Waals surface area (Å²) in [5.74, 6) is 1.02. The zero-order chi connectivity index (χ0) is 8.27. The number of nitrogens with two attached hydrogens (primary N) is 1. The molecule has 0 spiro atoms. The predicted octanol–water partition coefficient (Wildman–Crippen LogP) is 1.34. The fourth-order valence-corrected chi connectivity index (χ4v) is 2.05. The van der Waals surface area contributed by atoms with Crippen LogP contribution < -0.4 is 5.73 Å². The van der Waals surface area contributed by atoms with Gasteiger partial charge in [0.15, 0.2) is 0 Å². The molecule has 0 amide bonds. The molecule has 2 N–H and O–H groups in total. The molecule has 0 aromatic rings. The van der Waals surface area contributed by atoms with Crippen LogP contribution in [0.25, 0.3) is 0 Å². The van der Waals surface area contributed by atoms with Crippen molar-refractivity contribution in [3.63, 3.8) is 0 Å². The van der Waals surface area contributed by atoms with Gasteiger partial charge in [-0.15, -0.1) is 0 Å². The van der Waals surface area contributed by atoms with Crippen LogP contribution in [0.2, 0.25) is 0 Å². The Kier molecular flexibility index (Phi) is 3.06. The van der Waals surface area contributed by atoms with E-state index in [1.54, 1.807) is 6.92 Å². The summed E-state index contributed by atoms with van der Waals surface area (Å²) in [4.78, 5) is 11.1. The second-order valence-electron chi connectivity index (χ2n) is 3.50. The smallest absolute Gasteiger partial charge is 0.134 e.